The summed E-state index contributed by atoms with van der Waals surface area (Å²) in [4.78, 5) is 28.2. The highest BCUT2D eigenvalue weighted by molar-refractivity contribution is 7.99. The van der Waals surface area contributed by atoms with Crippen molar-refractivity contribution in [3.63, 3.8) is 0 Å². The molecule has 1 aromatic heterocycles. The predicted octanol–water partition coefficient (Wildman–Crippen LogP) is 2.73. The molecule has 0 unspecified atom stereocenters. The normalized spacial score (nSPS) is 11.9. The van der Waals surface area contributed by atoms with Gasteiger partial charge in [-0.05, 0) is 43.0 Å². The number of hydrogen-bond donors (Lipinski definition) is 0. The van der Waals surface area contributed by atoms with Crippen LogP contribution in [0.5, 0.6) is 0 Å². The number of hydrogen-bond acceptors (Lipinski definition) is 7. The first kappa shape index (κ1) is 21.0. The van der Waals surface area contributed by atoms with E-state index >= 15 is 0 Å². The average Bonchev–Trinajstić information content (AvgIpc) is 2.68. The smallest absolute Gasteiger partial charge is 0.284 e. The van der Waals surface area contributed by atoms with Crippen LogP contribution in [0.15, 0.2) is 62.2 Å². The van der Waals surface area contributed by atoms with E-state index in [0.29, 0.717) is 22.6 Å². The lowest BCUT2D eigenvalue weighted by Crippen LogP contribution is -2.22. The van der Waals surface area contributed by atoms with Crippen LogP contribution in [0.3, 0.4) is 0 Å². The summed E-state index contributed by atoms with van der Waals surface area (Å²) in [5.74, 6) is 0. The molecule has 2 aromatic carbocycles. The minimum atomic E-state index is -3.82. The van der Waals surface area contributed by atoms with Crippen molar-refractivity contribution < 1.29 is 13.3 Å². The van der Waals surface area contributed by atoms with Crippen LogP contribution >= 0.6 is 11.8 Å². The van der Waals surface area contributed by atoms with Crippen molar-refractivity contribution in [3.05, 3.63) is 62.9 Å². The zero-order valence-corrected chi connectivity index (χ0v) is 17.5. The zero-order valence-electron chi connectivity index (χ0n) is 15.9. The Hall–Kier alpha value is -2.76. The van der Waals surface area contributed by atoms with Crippen molar-refractivity contribution >= 4 is 38.4 Å². The molecule has 0 aliphatic heterocycles. The second kappa shape index (κ2) is 7.93. The predicted molar refractivity (Wildman–Crippen MR) is 110 cm³/mol. The van der Waals surface area contributed by atoms with Gasteiger partial charge in [0.1, 0.15) is 0 Å². The van der Waals surface area contributed by atoms with E-state index in [1.54, 1.807) is 31.2 Å². The molecule has 0 atom stereocenters. The summed E-state index contributed by atoms with van der Waals surface area (Å²) in [5.41, 5.74) is -0.128. The van der Waals surface area contributed by atoms with E-state index in [-0.39, 0.29) is 21.0 Å². The summed E-state index contributed by atoms with van der Waals surface area (Å²) >= 11 is 0.952. The SMILES string of the molecule is CCn1c(Sc2ccc(S(=O)(=O)N(C)C)cc2[N+](=O)[O-])nc2ccccc2c1=O. The molecule has 0 radical (unpaired) electrons. The van der Waals surface area contributed by atoms with E-state index in [0.717, 1.165) is 22.1 Å². The van der Waals surface area contributed by atoms with Gasteiger partial charge in [-0.25, -0.2) is 17.7 Å². The summed E-state index contributed by atoms with van der Waals surface area (Å²) in [6.45, 7) is 2.11. The second-order valence-electron chi connectivity index (χ2n) is 6.24. The summed E-state index contributed by atoms with van der Waals surface area (Å²) in [5, 5.41) is 12.3. The van der Waals surface area contributed by atoms with Gasteiger partial charge in [0.2, 0.25) is 10.0 Å². The van der Waals surface area contributed by atoms with Crippen LogP contribution in [0, 0.1) is 10.1 Å². The first-order chi connectivity index (χ1) is 13.7. The molecule has 0 saturated heterocycles. The fourth-order valence-electron chi connectivity index (χ4n) is 2.70. The van der Waals surface area contributed by atoms with Gasteiger partial charge in [0.25, 0.3) is 11.2 Å². The number of sulfonamides is 1. The molecule has 0 spiro atoms. The van der Waals surface area contributed by atoms with Crippen molar-refractivity contribution in [2.45, 2.75) is 28.4 Å². The Morgan fingerprint density at radius 3 is 2.52 bits per heavy atom. The van der Waals surface area contributed by atoms with Gasteiger partial charge in [0.05, 0.1) is 25.6 Å². The number of aromatic nitrogens is 2. The Morgan fingerprint density at radius 1 is 1.21 bits per heavy atom. The number of nitrogens with zero attached hydrogens (tertiary/aromatic N) is 4. The van der Waals surface area contributed by atoms with Crippen molar-refractivity contribution in [2.75, 3.05) is 14.1 Å². The van der Waals surface area contributed by atoms with Crippen LogP contribution in [0.2, 0.25) is 0 Å². The van der Waals surface area contributed by atoms with Crippen LogP contribution in [0.4, 0.5) is 5.69 Å². The molecule has 0 saturated carbocycles. The number of benzene rings is 2. The Bertz CT molecular complexity index is 1270. The fraction of sp³-hybridized carbons (Fsp3) is 0.222. The van der Waals surface area contributed by atoms with Gasteiger partial charge in [0, 0.05) is 26.7 Å². The third-order valence-electron chi connectivity index (χ3n) is 4.25. The molecule has 3 rings (SSSR count). The van der Waals surface area contributed by atoms with Crippen molar-refractivity contribution in [3.8, 4) is 0 Å². The molecule has 3 aromatic rings. The maximum Gasteiger partial charge on any atom is 0.284 e. The largest absolute Gasteiger partial charge is 0.287 e. The van der Waals surface area contributed by atoms with Crippen molar-refractivity contribution in [1.29, 1.82) is 0 Å². The van der Waals surface area contributed by atoms with Crippen LogP contribution in [-0.2, 0) is 16.6 Å². The number of fused-ring (bicyclic) bond motifs is 1. The van der Waals surface area contributed by atoms with Gasteiger partial charge in [-0.15, -0.1) is 0 Å². The minimum Gasteiger partial charge on any atom is -0.287 e. The Kier molecular flexibility index (Phi) is 5.73. The van der Waals surface area contributed by atoms with Crippen LogP contribution in [-0.4, -0.2) is 41.3 Å². The first-order valence-electron chi connectivity index (χ1n) is 8.55. The molecule has 11 heteroatoms. The third kappa shape index (κ3) is 3.88. The maximum atomic E-state index is 12.7. The second-order valence-corrected chi connectivity index (χ2v) is 9.40. The van der Waals surface area contributed by atoms with E-state index in [1.165, 1.54) is 30.8 Å². The molecule has 1 heterocycles. The summed E-state index contributed by atoms with van der Waals surface area (Å²) in [6.07, 6.45) is 0. The maximum absolute atomic E-state index is 12.7. The van der Waals surface area contributed by atoms with Gasteiger partial charge >= 0.3 is 0 Å². The molecule has 152 valence electrons. The third-order valence-corrected chi connectivity index (χ3v) is 7.12. The lowest BCUT2D eigenvalue weighted by atomic mass is 10.2. The van der Waals surface area contributed by atoms with E-state index in [9.17, 15) is 23.3 Å². The minimum absolute atomic E-state index is 0.182. The lowest BCUT2D eigenvalue weighted by Gasteiger charge is -2.13. The van der Waals surface area contributed by atoms with Crippen LogP contribution < -0.4 is 5.56 Å². The summed E-state index contributed by atoms with van der Waals surface area (Å²) in [7, 11) is -1.12. The van der Waals surface area contributed by atoms with Gasteiger partial charge < -0.3 is 0 Å². The highest BCUT2D eigenvalue weighted by atomic mass is 32.2. The summed E-state index contributed by atoms with van der Waals surface area (Å²) < 4.78 is 27.0. The fourth-order valence-corrected chi connectivity index (χ4v) is 4.66. The van der Waals surface area contributed by atoms with E-state index in [1.807, 2.05) is 0 Å². The number of nitro groups is 1. The average molecular weight is 434 g/mol. The molecule has 0 aliphatic carbocycles. The van der Waals surface area contributed by atoms with Gasteiger partial charge in [-0.3, -0.25) is 19.5 Å². The van der Waals surface area contributed by atoms with Crippen LogP contribution in [0.25, 0.3) is 10.9 Å². The van der Waals surface area contributed by atoms with Gasteiger partial charge in [0.15, 0.2) is 5.16 Å². The Balaban J connectivity index is 2.16. The Morgan fingerprint density at radius 2 is 1.90 bits per heavy atom. The quantitative estimate of drug-likeness (QED) is 0.333. The molecule has 0 bridgehead atoms. The number of nitro benzene ring substituents is 1. The van der Waals surface area contributed by atoms with E-state index < -0.39 is 14.9 Å². The molecule has 9 nitrogen and oxygen atoms in total. The molecule has 0 aliphatic rings. The van der Waals surface area contributed by atoms with Gasteiger partial charge in [-0.2, -0.15) is 0 Å². The number of para-hydroxylation sites is 1. The number of rotatable bonds is 6. The van der Waals surface area contributed by atoms with E-state index in [4.69, 9.17) is 0 Å². The summed E-state index contributed by atoms with van der Waals surface area (Å²) in [6, 6.07) is 10.6. The molecular weight excluding hydrogens is 416 g/mol. The standard InChI is InChI=1S/C18H18N4O5S2/c1-4-21-17(23)13-7-5-6-8-14(13)19-18(21)28-16-10-9-12(11-15(16)22(24)25)29(26,27)20(2)3/h5-11H,4H2,1-3H3. The zero-order chi connectivity index (χ0) is 21.3. The van der Waals surface area contributed by atoms with Crippen molar-refractivity contribution in [2.24, 2.45) is 0 Å². The van der Waals surface area contributed by atoms with E-state index in [2.05, 4.69) is 4.98 Å². The molecule has 29 heavy (non-hydrogen) atoms. The van der Waals surface area contributed by atoms with Gasteiger partial charge in [-0.1, -0.05) is 12.1 Å². The highest BCUT2D eigenvalue weighted by Gasteiger charge is 2.24. The van der Waals surface area contributed by atoms with Crippen LogP contribution in [0.1, 0.15) is 6.92 Å². The molecular formula is C18H18N4O5S2. The first-order valence-corrected chi connectivity index (χ1v) is 10.8. The lowest BCUT2D eigenvalue weighted by molar-refractivity contribution is -0.388. The van der Waals surface area contributed by atoms with Crippen molar-refractivity contribution in [1.82, 2.24) is 13.9 Å². The molecule has 0 amide bonds. The monoisotopic (exact) mass is 434 g/mol. The molecule has 0 fully saturated rings. The molecule has 0 N–H and O–H groups in total. The highest BCUT2D eigenvalue weighted by Crippen LogP contribution is 2.35. The topological polar surface area (TPSA) is 115 Å². The Labute approximate surface area is 171 Å².